The van der Waals surface area contributed by atoms with E-state index in [9.17, 15) is 18.0 Å². The van der Waals surface area contributed by atoms with Gasteiger partial charge in [-0.1, -0.05) is 66.9 Å². The third-order valence-electron chi connectivity index (χ3n) is 6.51. The minimum atomic E-state index is -4.21. The van der Waals surface area contributed by atoms with Gasteiger partial charge in [0.25, 0.3) is 10.0 Å². The molecule has 0 aliphatic carbocycles. The number of sulfonamides is 1. The van der Waals surface area contributed by atoms with Gasteiger partial charge in [-0.3, -0.25) is 13.9 Å². The highest BCUT2D eigenvalue weighted by Gasteiger charge is 2.33. The first kappa shape index (κ1) is 32.2. The molecule has 8 nitrogen and oxygen atoms in total. The van der Waals surface area contributed by atoms with Crippen LogP contribution in [0, 0.1) is 6.92 Å². The molecule has 2 amide bonds. The molecule has 3 aromatic rings. The monoisotopic (exact) mass is 619 g/mol. The number of rotatable bonds is 13. The zero-order valence-electron chi connectivity index (χ0n) is 23.6. The number of benzene rings is 3. The lowest BCUT2D eigenvalue weighted by Crippen LogP contribution is -2.52. The van der Waals surface area contributed by atoms with Crippen LogP contribution in [-0.2, 0) is 26.2 Å². The maximum Gasteiger partial charge on any atom is 0.264 e. The predicted molar refractivity (Wildman–Crippen MR) is 163 cm³/mol. The van der Waals surface area contributed by atoms with E-state index in [1.165, 1.54) is 36.3 Å². The summed E-state index contributed by atoms with van der Waals surface area (Å²) in [6, 6.07) is 17.0. The smallest absolute Gasteiger partial charge is 0.264 e. The molecule has 1 N–H and O–H groups in total. The molecule has 0 spiro atoms. The van der Waals surface area contributed by atoms with E-state index in [-0.39, 0.29) is 28.1 Å². The molecule has 0 aliphatic rings. The molecule has 11 heteroatoms. The number of amides is 2. The Morgan fingerprint density at radius 2 is 1.63 bits per heavy atom. The summed E-state index contributed by atoms with van der Waals surface area (Å²) in [6.07, 6.45) is 1.06. The molecule has 41 heavy (non-hydrogen) atoms. The van der Waals surface area contributed by atoms with Crippen LogP contribution in [0.2, 0.25) is 10.0 Å². The number of methoxy groups -OCH3 is 1. The molecule has 0 bridgehead atoms. The Morgan fingerprint density at radius 3 is 2.20 bits per heavy atom. The van der Waals surface area contributed by atoms with Crippen LogP contribution in [-0.4, -0.2) is 51.4 Å². The molecule has 3 aromatic carbocycles. The van der Waals surface area contributed by atoms with Gasteiger partial charge in [0, 0.05) is 18.1 Å². The predicted octanol–water partition coefficient (Wildman–Crippen LogP) is 5.84. The highest BCUT2D eigenvalue weighted by atomic mass is 35.5. The number of nitrogens with one attached hydrogen (secondary N) is 1. The summed E-state index contributed by atoms with van der Waals surface area (Å²) in [5.41, 5.74) is 1.81. The van der Waals surface area contributed by atoms with Crippen molar-refractivity contribution in [3.05, 3.63) is 87.9 Å². The SMILES string of the molecule is CCCNC(=O)[C@H](CC)N(Cc1ccc(Cl)cc1)C(=O)CN(c1ccc(OC)c(Cl)c1)S(=O)(=O)c1ccc(C)cc1. The normalized spacial score (nSPS) is 12.0. The van der Waals surface area contributed by atoms with Crippen molar-refractivity contribution in [2.75, 3.05) is 24.5 Å². The van der Waals surface area contributed by atoms with Crippen molar-refractivity contribution in [3.63, 3.8) is 0 Å². The Labute approximate surface area is 252 Å². The Kier molecular flexibility index (Phi) is 11.5. The maximum absolute atomic E-state index is 14.1. The summed E-state index contributed by atoms with van der Waals surface area (Å²) in [5, 5.41) is 3.58. The molecular weight excluding hydrogens is 585 g/mol. The summed E-state index contributed by atoms with van der Waals surface area (Å²) in [7, 11) is -2.76. The first-order chi connectivity index (χ1) is 19.5. The van der Waals surface area contributed by atoms with Crippen LogP contribution < -0.4 is 14.4 Å². The number of halogens is 2. The fourth-order valence-electron chi connectivity index (χ4n) is 4.25. The van der Waals surface area contributed by atoms with Crippen molar-refractivity contribution in [2.45, 2.75) is 51.1 Å². The third-order valence-corrected chi connectivity index (χ3v) is 8.85. The molecule has 0 fully saturated rings. The van der Waals surface area contributed by atoms with E-state index in [2.05, 4.69) is 5.32 Å². The highest BCUT2D eigenvalue weighted by Crippen LogP contribution is 2.32. The number of hydrogen-bond donors (Lipinski definition) is 1. The summed E-state index contributed by atoms with van der Waals surface area (Å²) >= 11 is 12.4. The van der Waals surface area contributed by atoms with Gasteiger partial charge in [0.15, 0.2) is 0 Å². The molecule has 0 saturated heterocycles. The molecule has 0 radical (unpaired) electrons. The fraction of sp³-hybridized carbons (Fsp3) is 0.333. The molecular formula is C30H35Cl2N3O5S. The molecule has 0 aliphatic heterocycles. The van der Waals surface area contributed by atoms with Crippen LogP contribution in [0.3, 0.4) is 0 Å². The maximum atomic E-state index is 14.1. The average Bonchev–Trinajstić information content (AvgIpc) is 2.95. The Bertz CT molecular complexity index is 1450. The number of carbonyl (C=O) groups excluding carboxylic acids is 2. The Balaban J connectivity index is 2.08. The Morgan fingerprint density at radius 1 is 0.976 bits per heavy atom. The lowest BCUT2D eigenvalue weighted by atomic mass is 10.1. The van der Waals surface area contributed by atoms with Crippen LogP contribution in [0.4, 0.5) is 5.69 Å². The number of hydrogen-bond acceptors (Lipinski definition) is 5. The lowest BCUT2D eigenvalue weighted by Gasteiger charge is -2.33. The molecule has 3 rings (SSSR count). The number of nitrogens with zero attached hydrogens (tertiary/aromatic N) is 2. The summed E-state index contributed by atoms with van der Waals surface area (Å²) in [4.78, 5) is 28.7. The molecule has 220 valence electrons. The zero-order chi connectivity index (χ0) is 30.2. The van der Waals surface area contributed by atoms with Crippen LogP contribution in [0.15, 0.2) is 71.6 Å². The van der Waals surface area contributed by atoms with Gasteiger partial charge >= 0.3 is 0 Å². The van der Waals surface area contributed by atoms with Crippen molar-refractivity contribution in [3.8, 4) is 5.75 Å². The van der Waals surface area contributed by atoms with Gasteiger partial charge in [-0.2, -0.15) is 0 Å². The second kappa shape index (κ2) is 14.6. The topological polar surface area (TPSA) is 96.0 Å². The summed E-state index contributed by atoms with van der Waals surface area (Å²) in [6.45, 7) is 5.56. The molecule has 0 saturated carbocycles. The van der Waals surface area contributed by atoms with E-state index < -0.39 is 28.5 Å². The quantitative estimate of drug-likeness (QED) is 0.259. The van der Waals surface area contributed by atoms with E-state index >= 15 is 0 Å². The molecule has 1 atom stereocenters. The number of carbonyl (C=O) groups is 2. The molecule has 0 aromatic heterocycles. The van der Waals surface area contributed by atoms with Gasteiger partial charge < -0.3 is 15.0 Å². The van der Waals surface area contributed by atoms with Crippen LogP contribution in [0.1, 0.15) is 37.8 Å². The van der Waals surface area contributed by atoms with Crippen molar-refractivity contribution >= 4 is 50.7 Å². The van der Waals surface area contributed by atoms with Crippen molar-refractivity contribution < 1.29 is 22.7 Å². The van der Waals surface area contributed by atoms with E-state index in [0.717, 1.165) is 21.9 Å². The third kappa shape index (κ3) is 8.15. The van der Waals surface area contributed by atoms with Gasteiger partial charge in [0.1, 0.15) is 18.3 Å². The number of aryl methyl sites for hydroxylation is 1. The van der Waals surface area contributed by atoms with E-state index in [0.29, 0.717) is 23.7 Å². The van der Waals surface area contributed by atoms with Gasteiger partial charge in [0.2, 0.25) is 11.8 Å². The molecule has 0 unspecified atom stereocenters. The van der Waals surface area contributed by atoms with E-state index in [1.54, 1.807) is 42.5 Å². The van der Waals surface area contributed by atoms with Crippen molar-refractivity contribution in [2.24, 2.45) is 0 Å². The second-order valence-corrected chi connectivity index (χ2v) is 12.2. The summed E-state index contributed by atoms with van der Waals surface area (Å²) in [5.74, 6) is -0.504. The average molecular weight is 621 g/mol. The minimum absolute atomic E-state index is 0.0137. The first-order valence-electron chi connectivity index (χ1n) is 13.3. The van der Waals surface area contributed by atoms with Crippen LogP contribution in [0.5, 0.6) is 5.75 Å². The Hall–Kier alpha value is -3.27. The largest absolute Gasteiger partial charge is 0.495 e. The molecule has 0 heterocycles. The summed E-state index contributed by atoms with van der Waals surface area (Å²) < 4.78 is 34.2. The van der Waals surface area contributed by atoms with Crippen LogP contribution >= 0.6 is 23.2 Å². The first-order valence-corrected chi connectivity index (χ1v) is 15.5. The zero-order valence-corrected chi connectivity index (χ0v) is 25.9. The van der Waals surface area contributed by atoms with Gasteiger partial charge in [-0.25, -0.2) is 8.42 Å². The standard InChI is InChI=1S/C30H35Cl2N3O5S/c1-5-17-33-30(37)27(6-2)34(19-22-9-11-23(31)12-10-22)29(36)20-35(24-13-16-28(40-4)26(32)18-24)41(38,39)25-14-7-21(3)8-15-25/h7-16,18,27H,5-6,17,19-20H2,1-4H3,(H,33,37)/t27-/m0/s1. The highest BCUT2D eigenvalue weighted by molar-refractivity contribution is 7.92. The van der Waals surface area contributed by atoms with E-state index in [4.69, 9.17) is 27.9 Å². The van der Waals surface area contributed by atoms with Gasteiger partial charge in [-0.15, -0.1) is 0 Å². The van der Waals surface area contributed by atoms with Gasteiger partial charge in [-0.05, 0) is 67.8 Å². The second-order valence-electron chi connectivity index (χ2n) is 9.51. The number of ether oxygens (including phenoxy) is 1. The van der Waals surface area contributed by atoms with Crippen molar-refractivity contribution in [1.29, 1.82) is 0 Å². The fourth-order valence-corrected chi connectivity index (χ4v) is 6.03. The van der Waals surface area contributed by atoms with E-state index in [1.807, 2.05) is 20.8 Å². The minimum Gasteiger partial charge on any atom is -0.495 e. The lowest BCUT2D eigenvalue weighted by molar-refractivity contribution is -0.140. The van der Waals surface area contributed by atoms with Crippen molar-refractivity contribution in [1.82, 2.24) is 10.2 Å². The van der Waals surface area contributed by atoms with Gasteiger partial charge in [0.05, 0.1) is 22.7 Å². The number of anilines is 1. The van der Waals surface area contributed by atoms with Crippen LogP contribution in [0.25, 0.3) is 0 Å².